The van der Waals surface area contributed by atoms with Gasteiger partial charge in [-0.25, -0.2) is 8.42 Å². The number of sulfonamides is 1. The zero-order valence-electron chi connectivity index (χ0n) is 23.7. The largest absolute Gasteiger partial charge is 0.417 e. The summed E-state index contributed by atoms with van der Waals surface area (Å²) < 4.78 is 69.6. The molecule has 0 aliphatic heterocycles. The van der Waals surface area contributed by atoms with Crippen LogP contribution in [0.1, 0.15) is 38.3 Å². The van der Waals surface area contributed by atoms with E-state index >= 15 is 0 Å². The average Bonchev–Trinajstić information content (AvgIpc) is 2.95. The van der Waals surface area contributed by atoms with Crippen LogP contribution >= 0.6 is 23.2 Å². The van der Waals surface area contributed by atoms with Crippen LogP contribution in [-0.4, -0.2) is 44.3 Å². The van der Waals surface area contributed by atoms with Crippen molar-refractivity contribution in [3.8, 4) is 0 Å². The van der Waals surface area contributed by atoms with Gasteiger partial charge in [0.25, 0.3) is 10.0 Å². The summed E-state index contributed by atoms with van der Waals surface area (Å²) in [7, 11) is -4.56. The van der Waals surface area contributed by atoms with E-state index in [1.54, 1.807) is 37.3 Å². The Morgan fingerprint density at radius 1 is 0.930 bits per heavy atom. The molecule has 43 heavy (non-hydrogen) atoms. The van der Waals surface area contributed by atoms with Crippen molar-refractivity contribution in [2.24, 2.45) is 5.92 Å². The molecule has 0 aliphatic carbocycles. The zero-order chi connectivity index (χ0) is 31.9. The van der Waals surface area contributed by atoms with Gasteiger partial charge in [-0.15, -0.1) is 0 Å². The first-order valence-corrected chi connectivity index (χ1v) is 15.6. The number of anilines is 1. The molecule has 1 N–H and O–H groups in total. The van der Waals surface area contributed by atoms with Gasteiger partial charge in [0.05, 0.1) is 21.2 Å². The average molecular weight is 659 g/mol. The molecule has 0 bridgehead atoms. The molecule has 0 fully saturated rings. The fourth-order valence-electron chi connectivity index (χ4n) is 4.29. The maximum atomic E-state index is 14.1. The van der Waals surface area contributed by atoms with Crippen LogP contribution in [-0.2, 0) is 32.3 Å². The lowest BCUT2D eigenvalue weighted by molar-refractivity contribution is -0.140. The van der Waals surface area contributed by atoms with Gasteiger partial charge >= 0.3 is 6.18 Å². The Kier molecular flexibility index (Phi) is 11.5. The molecule has 7 nitrogen and oxygen atoms in total. The van der Waals surface area contributed by atoms with E-state index in [1.165, 1.54) is 29.2 Å². The van der Waals surface area contributed by atoms with Crippen molar-refractivity contribution >= 4 is 50.7 Å². The van der Waals surface area contributed by atoms with Crippen LogP contribution < -0.4 is 9.62 Å². The summed E-state index contributed by atoms with van der Waals surface area (Å²) in [4.78, 5) is 28.3. The minimum absolute atomic E-state index is 0.119. The molecule has 0 aliphatic rings. The Labute approximate surface area is 259 Å². The number of alkyl halides is 3. The molecule has 13 heteroatoms. The normalized spacial score (nSPS) is 12.6. The molecule has 0 saturated carbocycles. The first-order chi connectivity index (χ1) is 20.2. The van der Waals surface area contributed by atoms with E-state index in [2.05, 4.69) is 5.32 Å². The maximum Gasteiger partial charge on any atom is 0.417 e. The summed E-state index contributed by atoms with van der Waals surface area (Å²) >= 11 is 12.2. The molecule has 2 amide bonds. The highest BCUT2D eigenvalue weighted by atomic mass is 35.5. The number of hydrogen-bond acceptors (Lipinski definition) is 4. The number of benzene rings is 3. The molecule has 1 atom stereocenters. The zero-order valence-corrected chi connectivity index (χ0v) is 26.1. The first kappa shape index (κ1) is 34.2. The standard InChI is InChI=1S/C30H32Cl2F3N3O4S/c1-4-27(29(40)36-17-20(2)3)37(18-21-10-8-9-13-25(21)31)28(39)19-38(43(41,42)23-11-6-5-7-12-23)22-14-15-26(32)24(16-22)30(33,34)35/h5-16,20,27H,4,17-19H2,1-3H3,(H,36,40). The van der Waals surface area contributed by atoms with Crippen molar-refractivity contribution in [2.45, 2.75) is 50.9 Å². The van der Waals surface area contributed by atoms with Crippen LogP contribution in [0.2, 0.25) is 10.0 Å². The van der Waals surface area contributed by atoms with Gasteiger partial charge < -0.3 is 10.2 Å². The molecule has 0 heterocycles. The van der Waals surface area contributed by atoms with Crippen molar-refractivity contribution in [1.82, 2.24) is 10.2 Å². The topological polar surface area (TPSA) is 86.8 Å². The third-order valence-corrected chi connectivity index (χ3v) is 9.01. The molecule has 3 aromatic carbocycles. The lowest BCUT2D eigenvalue weighted by Gasteiger charge is -2.33. The van der Waals surface area contributed by atoms with Crippen LogP contribution in [0.4, 0.5) is 18.9 Å². The van der Waals surface area contributed by atoms with E-state index in [-0.39, 0.29) is 23.8 Å². The predicted octanol–water partition coefficient (Wildman–Crippen LogP) is 6.79. The summed E-state index contributed by atoms with van der Waals surface area (Å²) in [5, 5.41) is 2.49. The Morgan fingerprint density at radius 3 is 2.14 bits per heavy atom. The molecular formula is C30H32Cl2F3N3O4S. The van der Waals surface area contributed by atoms with Crippen LogP contribution in [0.3, 0.4) is 0 Å². The highest BCUT2D eigenvalue weighted by Gasteiger charge is 2.37. The summed E-state index contributed by atoms with van der Waals surface area (Å²) in [6.45, 7) is 4.78. The predicted molar refractivity (Wildman–Crippen MR) is 161 cm³/mol. The number of amides is 2. The summed E-state index contributed by atoms with van der Waals surface area (Å²) in [5.41, 5.74) is -1.19. The van der Waals surface area contributed by atoms with Crippen LogP contribution in [0.5, 0.6) is 0 Å². The van der Waals surface area contributed by atoms with Gasteiger partial charge in [0.2, 0.25) is 11.8 Å². The molecule has 232 valence electrons. The number of nitrogens with one attached hydrogen (secondary N) is 1. The van der Waals surface area contributed by atoms with E-state index in [1.807, 2.05) is 13.8 Å². The number of carbonyl (C=O) groups excluding carboxylic acids is 2. The number of hydrogen-bond donors (Lipinski definition) is 1. The van der Waals surface area contributed by atoms with Crippen molar-refractivity contribution < 1.29 is 31.2 Å². The van der Waals surface area contributed by atoms with E-state index in [4.69, 9.17) is 23.2 Å². The van der Waals surface area contributed by atoms with Gasteiger partial charge in [0.1, 0.15) is 12.6 Å². The van der Waals surface area contributed by atoms with E-state index in [9.17, 15) is 31.2 Å². The van der Waals surface area contributed by atoms with Gasteiger partial charge in [-0.1, -0.05) is 80.4 Å². The number of rotatable bonds is 12. The molecule has 3 rings (SSSR count). The second kappa shape index (κ2) is 14.5. The lowest BCUT2D eigenvalue weighted by Crippen LogP contribution is -2.52. The second-order valence-electron chi connectivity index (χ2n) is 10.2. The second-order valence-corrected chi connectivity index (χ2v) is 12.8. The monoisotopic (exact) mass is 657 g/mol. The molecular weight excluding hydrogens is 626 g/mol. The molecule has 0 radical (unpaired) electrons. The SMILES string of the molecule is CCC(C(=O)NCC(C)C)N(Cc1ccccc1Cl)C(=O)CN(c1ccc(Cl)c(C(F)(F)F)c1)S(=O)(=O)c1ccccc1. The van der Waals surface area contributed by atoms with Gasteiger partial charge in [-0.2, -0.15) is 13.2 Å². The van der Waals surface area contributed by atoms with Crippen molar-refractivity contribution in [1.29, 1.82) is 0 Å². The summed E-state index contributed by atoms with van der Waals surface area (Å²) in [6.07, 6.45) is -4.72. The molecule has 3 aromatic rings. The van der Waals surface area contributed by atoms with E-state index < -0.39 is 56.9 Å². The van der Waals surface area contributed by atoms with Gasteiger partial charge in [-0.05, 0) is 54.3 Å². The van der Waals surface area contributed by atoms with Gasteiger partial charge in [0, 0.05) is 18.1 Å². The third kappa shape index (κ3) is 8.64. The van der Waals surface area contributed by atoms with Gasteiger partial charge in [-0.3, -0.25) is 13.9 Å². The van der Waals surface area contributed by atoms with Crippen LogP contribution in [0, 0.1) is 5.92 Å². The minimum Gasteiger partial charge on any atom is -0.354 e. The smallest absolute Gasteiger partial charge is 0.354 e. The van der Waals surface area contributed by atoms with Gasteiger partial charge in [0.15, 0.2) is 0 Å². The van der Waals surface area contributed by atoms with Crippen LogP contribution in [0.25, 0.3) is 0 Å². The molecule has 0 saturated heterocycles. The number of halogens is 5. The van der Waals surface area contributed by atoms with Crippen molar-refractivity contribution in [2.75, 3.05) is 17.4 Å². The number of carbonyl (C=O) groups is 2. The van der Waals surface area contributed by atoms with Crippen LogP contribution in [0.15, 0.2) is 77.7 Å². The Bertz CT molecular complexity index is 1540. The number of nitrogens with zero attached hydrogens (tertiary/aromatic N) is 2. The highest BCUT2D eigenvalue weighted by Crippen LogP contribution is 2.38. The van der Waals surface area contributed by atoms with E-state index in [0.717, 1.165) is 12.1 Å². The molecule has 0 aromatic heterocycles. The lowest BCUT2D eigenvalue weighted by atomic mass is 10.1. The first-order valence-electron chi connectivity index (χ1n) is 13.4. The minimum atomic E-state index is -4.89. The Morgan fingerprint density at radius 2 is 1.56 bits per heavy atom. The summed E-state index contributed by atoms with van der Waals surface area (Å²) in [6, 6.07) is 15.2. The third-order valence-electron chi connectivity index (χ3n) is 6.52. The molecule has 1 unspecified atom stereocenters. The molecule has 0 spiro atoms. The van der Waals surface area contributed by atoms with E-state index in [0.29, 0.717) is 27.5 Å². The Hall–Kier alpha value is -3.28. The quantitative estimate of drug-likeness (QED) is 0.232. The fraction of sp³-hybridized carbons (Fsp3) is 0.333. The summed E-state index contributed by atoms with van der Waals surface area (Å²) in [5.74, 6) is -1.16. The fourth-order valence-corrected chi connectivity index (χ4v) is 6.13. The van der Waals surface area contributed by atoms with Crippen molar-refractivity contribution in [3.05, 3.63) is 94.0 Å². The Balaban J connectivity index is 2.13. The van der Waals surface area contributed by atoms with Crippen molar-refractivity contribution in [3.63, 3.8) is 0 Å². The maximum absolute atomic E-state index is 14.1. The highest BCUT2D eigenvalue weighted by molar-refractivity contribution is 7.92.